The van der Waals surface area contributed by atoms with Gasteiger partial charge in [-0.2, -0.15) is 0 Å². The maximum atomic E-state index is 14.8. The van der Waals surface area contributed by atoms with Gasteiger partial charge in [-0.05, 0) is 87.7 Å². The first kappa shape index (κ1) is 36.0. The minimum absolute atomic E-state index is 0.0223. The molecule has 254 valence electrons. The Kier molecular flexibility index (Phi) is 11.5. The first-order chi connectivity index (χ1) is 22.7. The van der Waals surface area contributed by atoms with E-state index < -0.39 is 34.1 Å². The molecular weight excluding hydrogens is 627 g/mol. The molecule has 4 rings (SSSR count). The molecule has 0 bridgehead atoms. The molecular formula is C38H45N3O6S. The summed E-state index contributed by atoms with van der Waals surface area (Å²) in [6.07, 6.45) is 0.205. The number of benzene rings is 4. The lowest BCUT2D eigenvalue weighted by molar-refractivity contribution is -0.140. The van der Waals surface area contributed by atoms with Crippen molar-refractivity contribution in [2.24, 2.45) is 0 Å². The molecule has 1 N–H and O–H groups in total. The predicted octanol–water partition coefficient (Wildman–Crippen LogP) is 6.07. The summed E-state index contributed by atoms with van der Waals surface area (Å²) < 4.78 is 40.9. The van der Waals surface area contributed by atoms with Crippen LogP contribution in [0.3, 0.4) is 0 Å². The fraction of sp³-hybridized carbons (Fsp3) is 0.316. The lowest BCUT2D eigenvalue weighted by atomic mass is 10.0. The summed E-state index contributed by atoms with van der Waals surface area (Å²) in [7, 11) is -1.27. The highest BCUT2D eigenvalue weighted by Crippen LogP contribution is 2.34. The Bertz CT molecular complexity index is 1820. The molecule has 0 fully saturated rings. The van der Waals surface area contributed by atoms with E-state index in [0.29, 0.717) is 11.3 Å². The second kappa shape index (κ2) is 15.4. The fourth-order valence-electron chi connectivity index (χ4n) is 5.32. The van der Waals surface area contributed by atoms with Crippen molar-refractivity contribution in [1.29, 1.82) is 0 Å². The molecule has 9 nitrogen and oxygen atoms in total. The molecule has 0 saturated heterocycles. The third-order valence-corrected chi connectivity index (χ3v) is 9.52. The molecule has 0 saturated carbocycles. The number of nitrogens with one attached hydrogen (secondary N) is 1. The monoisotopic (exact) mass is 671 g/mol. The third-order valence-electron chi connectivity index (χ3n) is 7.75. The number of anilines is 1. The van der Waals surface area contributed by atoms with Crippen LogP contribution < -0.4 is 19.1 Å². The standard InChI is InChI=1S/C38H45N3O6S/c1-27-16-19-32(20-17-27)48(44,45)41(33-22-28(2)18-21-35(33)47-7)26-36(42)40(25-30-14-11-15-31(23-30)46-6)34(37(43)39-38(3,4)5)24-29-12-9-8-10-13-29/h8-23,34H,24-26H2,1-7H3,(H,39,43)/t34-/m0/s1. The number of hydrogen-bond acceptors (Lipinski definition) is 6. The van der Waals surface area contributed by atoms with E-state index in [2.05, 4.69) is 5.32 Å². The molecule has 48 heavy (non-hydrogen) atoms. The number of aryl methyl sites for hydroxylation is 2. The summed E-state index contributed by atoms with van der Waals surface area (Å²) in [5.41, 5.74) is 2.85. The van der Waals surface area contributed by atoms with Gasteiger partial charge in [0.1, 0.15) is 24.1 Å². The van der Waals surface area contributed by atoms with Gasteiger partial charge < -0.3 is 19.7 Å². The van der Waals surface area contributed by atoms with E-state index in [1.165, 1.54) is 24.1 Å². The number of hydrogen-bond donors (Lipinski definition) is 1. The number of amides is 2. The lowest BCUT2D eigenvalue weighted by Crippen LogP contribution is -2.56. The maximum Gasteiger partial charge on any atom is 0.264 e. The van der Waals surface area contributed by atoms with Crippen LogP contribution in [-0.4, -0.2) is 57.5 Å². The van der Waals surface area contributed by atoms with Crippen LogP contribution in [0.5, 0.6) is 11.5 Å². The van der Waals surface area contributed by atoms with Gasteiger partial charge in [0.15, 0.2) is 0 Å². The molecule has 0 aromatic heterocycles. The van der Waals surface area contributed by atoms with Crippen LogP contribution in [0.15, 0.2) is 102 Å². The van der Waals surface area contributed by atoms with E-state index in [1.807, 2.05) is 83.1 Å². The Balaban J connectivity index is 1.88. The zero-order valence-corrected chi connectivity index (χ0v) is 29.5. The van der Waals surface area contributed by atoms with Gasteiger partial charge in [-0.3, -0.25) is 13.9 Å². The lowest BCUT2D eigenvalue weighted by Gasteiger charge is -2.35. The molecule has 0 radical (unpaired) electrons. The van der Waals surface area contributed by atoms with E-state index >= 15 is 0 Å². The molecule has 0 heterocycles. The summed E-state index contributed by atoms with van der Waals surface area (Å²) in [4.78, 5) is 30.3. The van der Waals surface area contributed by atoms with Crippen LogP contribution in [-0.2, 0) is 32.6 Å². The Morgan fingerprint density at radius 2 is 1.44 bits per heavy atom. The van der Waals surface area contributed by atoms with Crippen molar-refractivity contribution < 1.29 is 27.5 Å². The molecule has 1 atom stereocenters. The summed E-state index contributed by atoms with van der Waals surface area (Å²) in [5.74, 6) is -0.0489. The fourth-order valence-corrected chi connectivity index (χ4v) is 6.74. The normalized spacial score (nSPS) is 12.1. The molecule has 4 aromatic rings. The van der Waals surface area contributed by atoms with Crippen LogP contribution in [0.1, 0.15) is 43.0 Å². The molecule has 0 aliphatic heterocycles. The van der Waals surface area contributed by atoms with Gasteiger partial charge >= 0.3 is 0 Å². The van der Waals surface area contributed by atoms with Crippen LogP contribution >= 0.6 is 0 Å². The van der Waals surface area contributed by atoms with Gasteiger partial charge in [0.2, 0.25) is 11.8 Å². The zero-order valence-electron chi connectivity index (χ0n) is 28.7. The second-order valence-electron chi connectivity index (χ2n) is 12.8. The summed E-state index contributed by atoms with van der Waals surface area (Å²) in [5, 5.41) is 3.05. The molecule has 0 unspecified atom stereocenters. The molecule has 0 aliphatic rings. The predicted molar refractivity (Wildman–Crippen MR) is 189 cm³/mol. The van der Waals surface area contributed by atoms with E-state index in [4.69, 9.17) is 9.47 Å². The van der Waals surface area contributed by atoms with Crippen molar-refractivity contribution in [1.82, 2.24) is 10.2 Å². The minimum Gasteiger partial charge on any atom is -0.497 e. The average Bonchev–Trinajstić information content (AvgIpc) is 3.05. The smallest absolute Gasteiger partial charge is 0.264 e. The first-order valence-electron chi connectivity index (χ1n) is 15.7. The summed E-state index contributed by atoms with van der Waals surface area (Å²) >= 11 is 0. The minimum atomic E-state index is -4.28. The molecule has 10 heteroatoms. The van der Waals surface area contributed by atoms with Crippen molar-refractivity contribution in [2.75, 3.05) is 25.1 Å². The highest BCUT2D eigenvalue weighted by Gasteiger charge is 2.36. The molecule has 0 aliphatic carbocycles. The topological polar surface area (TPSA) is 105 Å². The van der Waals surface area contributed by atoms with Crippen LogP contribution in [0.4, 0.5) is 5.69 Å². The van der Waals surface area contributed by atoms with Gasteiger partial charge in [0.25, 0.3) is 10.0 Å². The number of carbonyl (C=O) groups excluding carboxylic acids is 2. The number of ether oxygens (including phenoxy) is 2. The number of carbonyl (C=O) groups is 2. The third kappa shape index (κ3) is 9.16. The largest absolute Gasteiger partial charge is 0.497 e. The van der Waals surface area contributed by atoms with E-state index in [1.54, 1.807) is 43.5 Å². The summed E-state index contributed by atoms with van der Waals surface area (Å²) in [6, 6.07) is 27.3. The Morgan fingerprint density at radius 3 is 2.06 bits per heavy atom. The van der Waals surface area contributed by atoms with Gasteiger partial charge in [-0.25, -0.2) is 8.42 Å². The Hall–Kier alpha value is -4.83. The zero-order chi connectivity index (χ0) is 35.1. The number of methoxy groups -OCH3 is 2. The quantitative estimate of drug-likeness (QED) is 0.185. The van der Waals surface area contributed by atoms with Crippen molar-refractivity contribution in [2.45, 2.75) is 64.1 Å². The molecule has 2 amide bonds. The van der Waals surface area contributed by atoms with Gasteiger partial charge in [-0.15, -0.1) is 0 Å². The van der Waals surface area contributed by atoms with Gasteiger partial charge in [-0.1, -0.05) is 66.2 Å². The van der Waals surface area contributed by atoms with Crippen LogP contribution in [0.2, 0.25) is 0 Å². The highest BCUT2D eigenvalue weighted by molar-refractivity contribution is 7.92. The van der Waals surface area contributed by atoms with Crippen LogP contribution in [0.25, 0.3) is 0 Å². The van der Waals surface area contributed by atoms with Crippen molar-refractivity contribution in [3.63, 3.8) is 0 Å². The average molecular weight is 672 g/mol. The van der Waals surface area contributed by atoms with Crippen LogP contribution in [0, 0.1) is 13.8 Å². The SMILES string of the molecule is COc1cccc(CN(C(=O)CN(c2cc(C)ccc2OC)S(=O)(=O)c2ccc(C)cc2)[C@@H](Cc2ccccc2)C(=O)NC(C)(C)C)c1. The number of rotatable bonds is 13. The summed E-state index contributed by atoms with van der Waals surface area (Å²) in [6.45, 7) is 8.76. The maximum absolute atomic E-state index is 14.8. The van der Waals surface area contributed by atoms with E-state index in [-0.39, 0.29) is 35.2 Å². The number of sulfonamides is 1. The van der Waals surface area contributed by atoms with Crippen molar-refractivity contribution >= 4 is 27.5 Å². The number of nitrogens with zero attached hydrogens (tertiary/aromatic N) is 2. The van der Waals surface area contributed by atoms with E-state index in [9.17, 15) is 18.0 Å². The van der Waals surface area contributed by atoms with Gasteiger partial charge in [0, 0.05) is 18.5 Å². The second-order valence-corrected chi connectivity index (χ2v) is 14.7. The van der Waals surface area contributed by atoms with Crippen molar-refractivity contribution in [3.05, 3.63) is 119 Å². The highest BCUT2D eigenvalue weighted by atomic mass is 32.2. The van der Waals surface area contributed by atoms with Gasteiger partial charge in [0.05, 0.1) is 24.8 Å². The Labute approximate surface area is 284 Å². The molecule has 4 aromatic carbocycles. The van der Waals surface area contributed by atoms with E-state index in [0.717, 1.165) is 21.0 Å². The Morgan fingerprint density at radius 1 is 0.792 bits per heavy atom. The molecule has 0 spiro atoms. The first-order valence-corrected chi connectivity index (χ1v) is 17.2. The van der Waals surface area contributed by atoms with Crippen molar-refractivity contribution in [3.8, 4) is 11.5 Å².